The highest BCUT2D eigenvalue weighted by molar-refractivity contribution is 6.32. The number of carboxylic acid groups (broad SMARTS) is 1. The van der Waals surface area contributed by atoms with Crippen molar-refractivity contribution in [2.45, 2.75) is 19.9 Å². The third-order valence-electron chi connectivity index (χ3n) is 5.95. The van der Waals surface area contributed by atoms with Gasteiger partial charge in [-0.2, -0.15) is 4.98 Å². The molecule has 5 rings (SSSR count). The molecular weight excluding hydrogens is 478 g/mol. The van der Waals surface area contributed by atoms with Crippen LogP contribution >= 0.6 is 11.6 Å². The Labute approximate surface area is 213 Å². The van der Waals surface area contributed by atoms with Crippen LogP contribution in [-0.2, 0) is 0 Å². The van der Waals surface area contributed by atoms with Crippen LogP contribution in [0, 0.1) is 6.92 Å². The van der Waals surface area contributed by atoms with Crippen molar-refractivity contribution in [3.05, 3.63) is 94.1 Å². The number of nitrogens with one attached hydrogen (secondary N) is 2. The first-order valence-electron chi connectivity index (χ1n) is 11.5. The molecule has 3 aromatic carbocycles. The number of fused-ring (bicyclic) bond motifs is 1. The van der Waals surface area contributed by atoms with Crippen LogP contribution in [0.15, 0.2) is 71.8 Å². The van der Waals surface area contributed by atoms with E-state index < -0.39 is 5.97 Å². The molecule has 0 saturated carbocycles. The van der Waals surface area contributed by atoms with Gasteiger partial charge in [-0.1, -0.05) is 54.1 Å². The summed E-state index contributed by atoms with van der Waals surface area (Å²) in [6, 6.07) is 21.0. The van der Waals surface area contributed by atoms with E-state index in [0.717, 1.165) is 22.4 Å². The molecule has 2 heterocycles. The standard InChI is InChI=1S/C28H24ClN3O4/c1-3-35-20-12-9-18(10-13-20)17-5-7-19(8-6-17)25-23(29)15-24-26(31-25)32-28(30-24)36-21-11-4-16(2)22(14-21)27(33)34/h4-15,25,31H,3H2,1-2H3,(H,30,32)(H,33,34). The van der Waals surface area contributed by atoms with E-state index in [1.54, 1.807) is 19.1 Å². The quantitative estimate of drug-likeness (QED) is 0.252. The summed E-state index contributed by atoms with van der Waals surface area (Å²) in [5.41, 5.74) is 4.70. The minimum Gasteiger partial charge on any atom is -0.494 e. The third kappa shape index (κ3) is 4.78. The van der Waals surface area contributed by atoms with Crippen LogP contribution in [0.3, 0.4) is 0 Å². The third-order valence-corrected chi connectivity index (χ3v) is 6.27. The number of ether oxygens (including phenoxy) is 2. The van der Waals surface area contributed by atoms with Gasteiger partial charge in [-0.05, 0) is 66.4 Å². The van der Waals surface area contributed by atoms with E-state index >= 15 is 0 Å². The van der Waals surface area contributed by atoms with Crippen molar-refractivity contribution < 1.29 is 19.4 Å². The largest absolute Gasteiger partial charge is 0.494 e. The lowest BCUT2D eigenvalue weighted by molar-refractivity contribution is 0.0695. The van der Waals surface area contributed by atoms with E-state index in [2.05, 4.69) is 27.4 Å². The van der Waals surface area contributed by atoms with E-state index in [-0.39, 0.29) is 17.6 Å². The van der Waals surface area contributed by atoms with Gasteiger partial charge < -0.3 is 24.9 Å². The number of aryl methyl sites for hydroxylation is 1. The van der Waals surface area contributed by atoms with Crippen molar-refractivity contribution in [3.8, 4) is 28.6 Å². The molecule has 0 spiro atoms. The van der Waals surface area contributed by atoms with Gasteiger partial charge in [0.2, 0.25) is 0 Å². The number of hydrogen-bond acceptors (Lipinski definition) is 5. The number of anilines is 1. The zero-order valence-electron chi connectivity index (χ0n) is 19.7. The van der Waals surface area contributed by atoms with Crippen LogP contribution in [0.5, 0.6) is 17.5 Å². The van der Waals surface area contributed by atoms with Gasteiger partial charge in [0.15, 0.2) is 5.82 Å². The Morgan fingerprint density at radius 2 is 1.69 bits per heavy atom. The number of benzene rings is 3. The molecule has 0 amide bonds. The number of halogens is 1. The van der Waals surface area contributed by atoms with Gasteiger partial charge in [-0.25, -0.2) is 4.79 Å². The number of hydrogen-bond donors (Lipinski definition) is 3. The molecule has 1 unspecified atom stereocenters. The second-order valence-corrected chi connectivity index (χ2v) is 8.81. The number of aromatic nitrogens is 2. The van der Waals surface area contributed by atoms with Crippen LogP contribution in [-0.4, -0.2) is 27.7 Å². The summed E-state index contributed by atoms with van der Waals surface area (Å²) in [4.78, 5) is 19.0. The van der Waals surface area contributed by atoms with Crippen molar-refractivity contribution in [1.29, 1.82) is 0 Å². The van der Waals surface area contributed by atoms with Crippen molar-refractivity contribution in [2.24, 2.45) is 0 Å². The highest BCUT2D eigenvalue weighted by Gasteiger charge is 2.24. The van der Waals surface area contributed by atoms with Crippen molar-refractivity contribution in [2.75, 3.05) is 11.9 Å². The van der Waals surface area contributed by atoms with E-state index in [9.17, 15) is 9.90 Å². The minimum absolute atomic E-state index is 0.179. The number of carbonyl (C=O) groups is 1. The van der Waals surface area contributed by atoms with Gasteiger partial charge in [0.05, 0.1) is 23.9 Å². The smallest absolute Gasteiger partial charge is 0.336 e. The van der Waals surface area contributed by atoms with Crippen LogP contribution in [0.2, 0.25) is 0 Å². The average Bonchev–Trinajstić information content (AvgIpc) is 3.26. The molecule has 1 aliphatic heterocycles. The number of imidazole rings is 1. The van der Waals surface area contributed by atoms with E-state index in [0.29, 0.717) is 34.5 Å². The second-order valence-electron chi connectivity index (χ2n) is 8.37. The summed E-state index contributed by atoms with van der Waals surface area (Å²) in [5, 5.41) is 13.3. The molecule has 0 radical (unpaired) electrons. The number of carboxylic acids is 1. The molecule has 1 aromatic heterocycles. The van der Waals surface area contributed by atoms with Crippen LogP contribution < -0.4 is 14.8 Å². The molecular formula is C28H24ClN3O4. The molecule has 0 saturated heterocycles. The maximum Gasteiger partial charge on any atom is 0.336 e. The van der Waals surface area contributed by atoms with Crippen LogP contribution in [0.4, 0.5) is 5.82 Å². The molecule has 1 aliphatic rings. The monoisotopic (exact) mass is 501 g/mol. The van der Waals surface area contributed by atoms with Gasteiger partial charge in [0, 0.05) is 5.03 Å². The molecule has 0 fully saturated rings. The fourth-order valence-electron chi connectivity index (χ4n) is 4.08. The van der Waals surface area contributed by atoms with Gasteiger partial charge in [-0.15, -0.1) is 0 Å². The second kappa shape index (κ2) is 9.79. The summed E-state index contributed by atoms with van der Waals surface area (Å²) in [6.07, 6.45) is 1.82. The Morgan fingerprint density at radius 3 is 2.36 bits per heavy atom. The molecule has 36 heavy (non-hydrogen) atoms. The lowest BCUT2D eigenvalue weighted by Crippen LogP contribution is -2.15. The van der Waals surface area contributed by atoms with Gasteiger partial charge in [0.1, 0.15) is 11.5 Å². The average molecular weight is 502 g/mol. The van der Waals surface area contributed by atoms with E-state index in [1.807, 2.05) is 49.4 Å². The molecule has 182 valence electrons. The number of H-pyrrole nitrogens is 1. The number of aromatic amines is 1. The molecule has 0 aliphatic carbocycles. The van der Waals surface area contributed by atoms with Gasteiger partial charge >= 0.3 is 12.0 Å². The molecule has 0 bridgehead atoms. The number of aromatic carboxylic acids is 1. The molecule has 8 heteroatoms. The molecule has 4 aromatic rings. The Morgan fingerprint density at radius 1 is 1.03 bits per heavy atom. The van der Waals surface area contributed by atoms with Crippen molar-refractivity contribution >= 4 is 29.5 Å². The van der Waals surface area contributed by atoms with E-state index in [1.165, 1.54) is 6.07 Å². The molecule has 1 atom stereocenters. The topological polar surface area (TPSA) is 96.5 Å². The highest BCUT2D eigenvalue weighted by Crippen LogP contribution is 2.38. The zero-order chi connectivity index (χ0) is 25.2. The van der Waals surface area contributed by atoms with Crippen molar-refractivity contribution in [1.82, 2.24) is 9.97 Å². The van der Waals surface area contributed by atoms with Gasteiger partial charge in [0.25, 0.3) is 0 Å². The SMILES string of the molecule is CCOc1ccc(-c2ccc(C3Nc4nc(Oc5ccc(C)c(C(=O)O)c5)[nH]c4C=C3Cl)cc2)cc1. The summed E-state index contributed by atoms with van der Waals surface area (Å²) in [7, 11) is 0. The fourth-order valence-corrected chi connectivity index (χ4v) is 4.37. The summed E-state index contributed by atoms with van der Waals surface area (Å²) >= 11 is 6.62. The minimum atomic E-state index is -1.01. The Hall–Kier alpha value is -4.23. The fraction of sp³-hybridized carbons (Fsp3) is 0.143. The number of rotatable bonds is 7. The van der Waals surface area contributed by atoms with Crippen LogP contribution in [0.1, 0.15) is 40.1 Å². The molecule has 3 N–H and O–H groups in total. The Kier molecular flexibility index (Phi) is 6.40. The first-order chi connectivity index (χ1) is 17.4. The first kappa shape index (κ1) is 23.5. The van der Waals surface area contributed by atoms with Gasteiger partial charge in [-0.3, -0.25) is 0 Å². The number of nitrogens with zero attached hydrogens (tertiary/aromatic N) is 1. The van der Waals surface area contributed by atoms with E-state index in [4.69, 9.17) is 21.1 Å². The predicted molar refractivity (Wildman–Crippen MR) is 140 cm³/mol. The Balaban J connectivity index is 1.32. The Bertz CT molecular complexity index is 1440. The van der Waals surface area contributed by atoms with Crippen molar-refractivity contribution in [3.63, 3.8) is 0 Å². The van der Waals surface area contributed by atoms with Crippen LogP contribution in [0.25, 0.3) is 17.2 Å². The maximum atomic E-state index is 11.4. The predicted octanol–water partition coefficient (Wildman–Crippen LogP) is 7.02. The first-order valence-corrected chi connectivity index (χ1v) is 11.9. The zero-order valence-corrected chi connectivity index (χ0v) is 20.5. The summed E-state index contributed by atoms with van der Waals surface area (Å²) < 4.78 is 11.3. The highest BCUT2D eigenvalue weighted by atomic mass is 35.5. The lowest BCUT2D eigenvalue weighted by Gasteiger charge is -2.22. The normalized spacial score (nSPS) is 14.4. The summed E-state index contributed by atoms with van der Waals surface area (Å²) in [5.74, 6) is 0.815. The maximum absolute atomic E-state index is 11.4. The summed E-state index contributed by atoms with van der Waals surface area (Å²) in [6.45, 7) is 4.34. The molecule has 7 nitrogen and oxygen atoms in total. The lowest BCUT2D eigenvalue weighted by atomic mass is 9.99.